The summed E-state index contributed by atoms with van der Waals surface area (Å²) >= 11 is 6.01. The third kappa shape index (κ3) is 8.64. The zero-order valence-electron chi connectivity index (χ0n) is 17.2. The molecule has 31 heavy (non-hydrogen) atoms. The first-order valence-corrected chi connectivity index (χ1v) is 11.7. The second-order valence-corrected chi connectivity index (χ2v) is 8.70. The molecule has 0 bridgehead atoms. The van der Waals surface area contributed by atoms with Crippen molar-refractivity contribution in [3.8, 4) is 0 Å². The van der Waals surface area contributed by atoms with E-state index in [0.29, 0.717) is 12.2 Å². The predicted octanol–water partition coefficient (Wildman–Crippen LogP) is 3.77. The van der Waals surface area contributed by atoms with Crippen molar-refractivity contribution in [3.05, 3.63) is 29.5 Å². The van der Waals surface area contributed by atoms with Gasteiger partial charge in [-0.1, -0.05) is 39.0 Å². The first-order valence-electron chi connectivity index (χ1n) is 9.92. The summed E-state index contributed by atoms with van der Waals surface area (Å²) in [6.07, 6.45) is 6.34. The molecule has 2 rings (SSSR count). The molecule has 0 aliphatic heterocycles. The fourth-order valence-electron chi connectivity index (χ4n) is 2.87. The van der Waals surface area contributed by atoms with Crippen molar-refractivity contribution >= 4 is 45.3 Å². The van der Waals surface area contributed by atoms with Crippen LogP contribution in [0.4, 0.5) is 17.6 Å². The maximum absolute atomic E-state index is 11.3. The molecule has 0 saturated carbocycles. The van der Waals surface area contributed by atoms with Gasteiger partial charge in [0.1, 0.15) is 6.54 Å². The van der Waals surface area contributed by atoms with Crippen molar-refractivity contribution in [1.29, 1.82) is 0 Å². The van der Waals surface area contributed by atoms with Gasteiger partial charge >= 0.3 is 5.97 Å². The van der Waals surface area contributed by atoms with E-state index in [0.717, 1.165) is 32.1 Å². The van der Waals surface area contributed by atoms with E-state index in [-0.39, 0.29) is 28.6 Å². The van der Waals surface area contributed by atoms with Crippen molar-refractivity contribution in [2.45, 2.75) is 50.3 Å². The molecule has 10 nitrogen and oxygen atoms in total. The molecule has 0 unspecified atom stereocenters. The minimum absolute atomic E-state index is 0.0768. The molecule has 0 spiro atoms. The Labute approximate surface area is 186 Å². The Hall–Kier alpha value is -2.50. The van der Waals surface area contributed by atoms with Gasteiger partial charge in [0.05, 0.1) is 4.90 Å². The quantitative estimate of drug-likeness (QED) is 0.291. The van der Waals surface area contributed by atoms with Crippen molar-refractivity contribution in [2.75, 3.05) is 23.3 Å². The van der Waals surface area contributed by atoms with Gasteiger partial charge in [-0.05, 0) is 42.3 Å². The summed E-state index contributed by atoms with van der Waals surface area (Å²) in [4.78, 5) is 24.9. The molecule has 0 fully saturated rings. The van der Waals surface area contributed by atoms with Crippen molar-refractivity contribution in [2.24, 2.45) is 0 Å². The molecular weight excluding hydrogens is 446 g/mol. The number of rotatable bonds is 13. The summed E-state index contributed by atoms with van der Waals surface area (Å²) in [5.74, 6) is -0.807. The number of hydrogen-bond donors (Lipinski definition) is 3. The van der Waals surface area contributed by atoms with Crippen molar-refractivity contribution in [1.82, 2.24) is 15.0 Å². The second-order valence-electron chi connectivity index (χ2n) is 6.94. The molecule has 0 saturated heterocycles. The summed E-state index contributed by atoms with van der Waals surface area (Å²) in [6.45, 7) is 2.33. The van der Waals surface area contributed by atoms with E-state index < -0.39 is 16.1 Å². The minimum atomic E-state index is -4.30. The number of hydrogen-bond acceptors (Lipinski definition) is 8. The second kappa shape index (κ2) is 11.8. The van der Waals surface area contributed by atoms with Crippen LogP contribution in [0.1, 0.15) is 45.4 Å². The summed E-state index contributed by atoms with van der Waals surface area (Å²) in [7, 11) is -4.30. The zero-order valence-corrected chi connectivity index (χ0v) is 18.7. The molecule has 1 aromatic heterocycles. The number of carboxylic acids is 1. The smallest absolute Gasteiger partial charge is 0.323 e. The highest BCUT2D eigenvalue weighted by atomic mass is 35.5. The first-order chi connectivity index (χ1) is 14.7. The Bertz CT molecular complexity index is 972. The highest BCUT2D eigenvalue weighted by Crippen LogP contribution is 2.20. The summed E-state index contributed by atoms with van der Waals surface area (Å²) in [6, 6.07) is 5.28. The Morgan fingerprint density at radius 2 is 1.71 bits per heavy atom. The van der Waals surface area contributed by atoms with Gasteiger partial charge in [-0.15, -0.1) is 0 Å². The van der Waals surface area contributed by atoms with Crippen LogP contribution in [-0.2, 0) is 14.9 Å². The van der Waals surface area contributed by atoms with Crippen molar-refractivity contribution in [3.63, 3.8) is 0 Å². The molecule has 1 heterocycles. The lowest BCUT2D eigenvalue weighted by Gasteiger charge is -2.21. The van der Waals surface area contributed by atoms with Crippen LogP contribution in [0.5, 0.6) is 0 Å². The molecule has 0 amide bonds. The molecule has 170 valence electrons. The van der Waals surface area contributed by atoms with Crippen LogP contribution in [0.2, 0.25) is 5.28 Å². The lowest BCUT2D eigenvalue weighted by Crippen LogP contribution is -2.32. The summed E-state index contributed by atoms with van der Waals surface area (Å²) in [5, 5.41) is 12.0. The number of carbonyl (C=O) groups is 1. The van der Waals surface area contributed by atoms with Crippen LogP contribution < -0.4 is 10.2 Å². The number of anilines is 3. The third-order valence-corrected chi connectivity index (χ3v) is 5.43. The van der Waals surface area contributed by atoms with Gasteiger partial charge in [-0.25, -0.2) is 0 Å². The Kier molecular flexibility index (Phi) is 9.41. The fourth-order valence-corrected chi connectivity index (χ4v) is 3.51. The van der Waals surface area contributed by atoms with E-state index in [2.05, 4.69) is 27.2 Å². The molecule has 3 N–H and O–H groups in total. The van der Waals surface area contributed by atoms with Crippen LogP contribution in [0.15, 0.2) is 29.2 Å². The van der Waals surface area contributed by atoms with Gasteiger partial charge in [-0.2, -0.15) is 23.4 Å². The van der Waals surface area contributed by atoms with E-state index in [1.807, 2.05) is 0 Å². The average Bonchev–Trinajstić information content (AvgIpc) is 2.68. The molecule has 2 aromatic rings. The van der Waals surface area contributed by atoms with Crippen LogP contribution in [0.25, 0.3) is 0 Å². The summed E-state index contributed by atoms with van der Waals surface area (Å²) < 4.78 is 31.3. The van der Waals surface area contributed by atoms with Gasteiger partial charge in [0.15, 0.2) is 0 Å². The molecule has 0 radical (unpaired) electrons. The highest BCUT2D eigenvalue weighted by Gasteiger charge is 2.16. The highest BCUT2D eigenvalue weighted by molar-refractivity contribution is 7.85. The maximum Gasteiger partial charge on any atom is 0.323 e. The van der Waals surface area contributed by atoms with Crippen LogP contribution >= 0.6 is 11.6 Å². The van der Waals surface area contributed by atoms with Gasteiger partial charge < -0.3 is 15.3 Å². The van der Waals surface area contributed by atoms with Crippen molar-refractivity contribution < 1.29 is 22.9 Å². The first kappa shape index (κ1) is 24.8. The molecule has 12 heteroatoms. The topological polar surface area (TPSA) is 146 Å². The van der Waals surface area contributed by atoms with Gasteiger partial charge in [0, 0.05) is 12.2 Å². The lowest BCUT2D eigenvalue weighted by molar-refractivity contribution is -0.135. The summed E-state index contributed by atoms with van der Waals surface area (Å²) in [5.41, 5.74) is 0.446. The van der Waals surface area contributed by atoms with E-state index in [4.69, 9.17) is 16.2 Å². The average molecular weight is 472 g/mol. The molecule has 0 atom stereocenters. The van der Waals surface area contributed by atoms with E-state index >= 15 is 0 Å². The number of aliphatic carboxylic acids is 1. The van der Waals surface area contributed by atoms with E-state index in [1.54, 1.807) is 0 Å². The van der Waals surface area contributed by atoms with Crippen LogP contribution in [0, 0.1) is 0 Å². The van der Waals surface area contributed by atoms with E-state index in [9.17, 15) is 18.3 Å². The van der Waals surface area contributed by atoms with Gasteiger partial charge in [-0.3, -0.25) is 9.35 Å². The number of nitrogens with one attached hydrogen (secondary N) is 1. The predicted molar refractivity (Wildman–Crippen MR) is 118 cm³/mol. The molecular formula is C19H26ClN5O5S. The number of unbranched alkanes of at least 4 members (excludes halogenated alkanes) is 5. The molecule has 0 aliphatic rings. The maximum atomic E-state index is 11.3. The number of halogens is 1. The minimum Gasteiger partial charge on any atom is -0.480 e. The standard InChI is InChI=1S/C19H26ClN5O5S/c1-2-3-4-5-6-7-12-25(13-16(26)27)19-23-17(20)22-18(24-19)21-14-8-10-15(11-9-14)31(28,29)30/h8-11H,2-7,12-13H2,1H3,(H,26,27)(H,28,29,30)(H,21,22,23,24). The monoisotopic (exact) mass is 471 g/mol. The number of nitrogens with zero attached hydrogens (tertiary/aromatic N) is 4. The van der Waals surface area contributed by atoms with Crippen LogP contribution in [-0.4, -0.2) is 52.1 Å². The Morgan fingerprint density at radius 1 is 1.06 bits per heavy atom. The number of carboxylic acid groups (broad SMARTS) is 1. The SMILES string of the molecule is CCCCCCCCN(CC(=O)O)c1nc(Cl)nc(Nc2ccc(S(=O)(=O)O)cc2)n1. The largest absolute Gasteiger partial charge is 0.480 e. The van der Waals surface area contributed by atoms with E-state index in [1.165, 1.54) is 35.6 Å². The van der Waals surface area contributed by atoms with Crippen LogP contribution in [0.3, 0.4) is 0 Å². The van der Waals surface area contributed by atoms with Gasteiger partial charge in [0.2, 0.25) is 17.2 Å². The Morgan fingerprint density at radius 3 is 2.32 bits per heavy atom. The molecule has 1 aromatic carbocycles. The normalized spacial score (nSPS) is 11.3. The fraction of sp³-hybridized carbons (Fsp3) is 0.474. The van der Waals surface area contributed by atoms with Gasteiger partial charge in [0.25, 0.3) is 10.1 Å². The lowest BCUT2D eigenvalue weighted by atomic mass is 10.1. The zero-order chi connectivity index (χ0) is 22.9. The third-order valence-electron chi connectivity index (χ3n) is 4.40. The number of aromatic nitrogens is 3. The molecule has 0 aliphatic carbocycles. The Balaban J connectivity index is 2.12. The number of benzene rings is 1.